The zero-order valence-electron chi connectivity index (χ0n) is 10.6. The first-order valence-electron chi connectivity index (χ1n) is 5.56. The summed E-state index contributed by atoms with van der Waals surface area (Å²) in [4.78, 5) is 4.67. The van der Waals surface area contributed by atoms with E-state index in [2.05, 4.69) is 16.6 Å². The van der Waals surface area contributed by atoms with E-state index in [1.54, 1.807) is 20.3 Å². The lowest BCUT2D eigenvalue weighted by Crippen LogP contribution is -1.95. The average Bonchev–Trinajstić information content (AvgIpc) is 2.30. The van der Waals surface area contributed by atoms with Gasteiger partial charge in [0.25, 0.3) is 0 Å². The summed E-state index contributed by atoms with van der Waals surface area (Å²) < 4.78 is 4.95. The summed E-state index contributed by atoms with van der Waals surface area (Å²) >= 11 is 0. The van der Waals surface area contributed by atoms with Crippen LogP contribution in [0.5, 0.6) is 0 Å². The van der Waals surface area contributed by atoms with E-state index < -0.39 is 0 Å². The van der Waals surface area contributed by atoms with Gasteiger partial charge in [-0.1, -0.05) is 32.0 Å². The minimum Gasteiger partial charge on any atom is -0.399 e. The molecular weight excluding hydrogens is 190 g/mol. The number of ether oxygens (including phenoxy) is 1. The highest BCUT2D eigenvalue weighted by Gasteiger charge is 1.94. The fourth-order valence-electron chi connectivity index (χ4n) is 1.03. The molecule has 0 bridgehead atoms. The Morgan fingerprint density at radius 1 is 1.20 bits per heavy atom. The predicted octanol–water partition coefficient (Wildman–Crippen LogP) is 3.41. The lowest BCUT2D eigenvalue weighted by molar-refractivity contribution is 0.192. The monoisotopic (exact) mass is 215 g/mol. The summed E-state index contributed by atoms with van der Waals surface area (Å²) in [5.41, 5.74) is 0.917. The Labute approximate surface area is 94.1 Å². The van der Waals surface area contributed by atoms with Crippen LogP contribution in [0.1, 0.15) is 39.5 Å². The number of oxime groups is 1. The van der Waals surface area contributed by atoms with Gasteiger partial charge >= 0.3 is 0 Å². The van der Waals surface area contributed by atoms with Gasteiger partial charge in [0, 0.05) is 13.7 Å². The highest BCUT2D eigenvalue weighted by molar-refractivity contribution is 5.93. The minimum atomic E-state index is 0.838. The first-order valence-corrected chi connectivity index (χ1v) is 5.56. The predicted molar refractivity (Wildman–Crippen MR) is 66.3 cm³/mol. The number of unbranched alkanes of at least 4 members (excludes halogenated alkanes) is 2. The Balaban J connectivity index is 0. The molecule has 0 amide bonds. The molecule has 3 nitrogen and oxygen atoms in total. The molecule has 0 rings (SSSR count). The van der Waals surface area contributed by atoms with Crippen LogP contribution >= 0.6 is 0 Å². The highest BCUT2D eigenvalue weighted by atomic mass is 16.6. The normalized spacial score (nSPS) is 10.3. The van der Waals surface area contributed by atoms with E-state index in [0.717, 1.165) is 38.0 Å². The molecule has 90 valence electrons. The fourth-order valence-corrected chi connectivity index (χ4v) is 1.03. The molecule has 0 radical (unpaired) electrons. The molecule has 0 spiro atoms. The van der Waals surface area contributed by atoms with Crippen molar-refractivity contribution in [3.05, 3.63) is 12.7 Å². The number of rotatable bonds is 8. The van der Waals surface area contributed by atoms with Crippen LogP contribution in [0.25, 0.3) is 0 Å². The van der Waals surface area contributed by atoms with E-state index in [1.165, 1.54) is 0 Å². The molecule has 15 heavy (non-hydrogen) atoms. The van der Waals surface area contributed by atoms with Crippen molar-refractivity contribution in [1.82, 2.24) is 0 Å². The van der Waals surface area contributed by atoms with Gasteiger partial charge in [0.1, 0.15) is 7.11 Å². The molecule has 0 heterocycles. The fraction of sp³-hybridized carbons (Fsp3) is 0.750. The van der Waals surface area contributed by atoms with Crippen LogP contribution in [-0.2, 0) is 9.57 Å². The number of allylic oxidation sites excluding steroid dienone is 1. The van der Waals surface area contributed by atoms with Gasteiger partial charge < -0.3 is 9.57 Å². The molecule has 0 aromatic carbocycles. The molecule has 0 saturated carbocycles. The molecular formula is C12H25NO2. The van der Waals surface area contributed by atoms with E-state index in [9.17, 15) is 0 Å². The maximum absolute atomic E-state index is 4.95. The summed E-state index contributed by atoms with van der Waals surface area (Å²) in [5, 5.41) is 3.83. The van der Waals surface area contributed by atoms with Gasteiger partial charge in [-0.25, -0.2) is 0 Å². The maximum Gasteiger partial charge on any atom is 0.106 e. The van der Waals surface area contributed by atoms with Gasteiger partial charge in [0.05, 0.1) is 5.71 Å². The quantitative estimate of drug-likeness (QED) is 0.353. The first kappa shape index (κ1) is 16.6. The third kappa shape index (κ3) is 13.2. The van der Waals surface area contributed by atoms with Gasteiger partial charge in [0.15, 0.2) is 0 Å². The van der Waals surface area contributed by atoms with Gasteiger partial charge in [-0.2, -0.15) is 0 Å². The Kier molecular flexibility index (Phi) is 17.3. The zero-order chi connectivity index (χ0) is 11.9. The second kappa shape index (κ2) is 15.6. The van der Waals surface area contributed by atoms with Crippen LogP contribution in [0.15, 0.2) is 17.8 Å². The topological polar surface area (TPSA) is 30.8 Å². The summed E-state index contributed by atoms with van der Waals surface area (Å²) in [6.07, 6.45) is 6.04. The number of hydrogen-bond acceptors (Lipinski definition) is 3. The molecule has 0 aliphatic carbocycles. The lowest BCUT2D eigenvalue weighted by Gasteiger charge is -2.00. The van der Waals surface area contributed by atoms with E-state index in [1.807, 2.05) is 13.8 Å². The second-order valence-corrected chi connectivity index (χ2v) is 2.77. The molecule has 0 aromatic rings. The lowest BCUT2D eigenvalue weighted by atomic mass is 10.1. The average molecular weight is 215 g/mol. The van der Waals surface area contributed by atoms with Crippen LogP contribution < -0.4 is 0 Å². The van der Waals surface area contributed by atoms with Crippen molar-refractivity contribution in [3.8, 4) is 0 Å². The van der Waals surface area contributed by atoms with Gasteiger partial charge in [-0.05, 0) is 25.3 Å². The van der Waals surface area contributed by atoms with Crippen LogP contribution in [0.3, 0.4) is 0 Å². The molecule has 0 aliphatic rings. The van der Waals surface area contributed by atoms with Gasteiger partial charge in [-0.3, -0.25) is 0 Å². The molecule has 0 atom stereocenters. The first-order chi connectivity index (χ1) is 7.35. The van der Waals surface area contributed by atoms with E-state index in [-0.39, 0.29) is 0 Å². The molecule has 0 fully saturated rings. The summed E-state index contributed by atoms with van der Waals surface area (Å²) in [6.45, 7) is 8.50. The second-order valence-electron chi connectivity index (χ2n) is 2.77. The third-order valence-corrected chi connectivity index (χ3v) is 1.73. The Morgan fingerprint density at radius 2 is 1.87 bits per heavy atom. The maximum atomic E-state index is 4.95. The Morgan fingerprint density at radius 3 is 2.33 bits per heavy atom. The molecule has 0 aliphatic heterocycles. The van der Waals surface area contributed by atoms with Crippen molar-refractivity contribution in [2.24, 2.45) is 5.16 Å². The summed E-state index contributed by atoms with van der Waals surface area (Å²) in [7, 11) is 3.27. The van der Waals surface area contributed by atoms with E-state index in [4.69, 9.17) is 4.74 Å². The summed E-state index contributed by atoms with van der Waals surface area (Å²) in [5.74, 6) is 0. The van der Waals surface area contributed by atoms with Crippen LogP contribution in [0.4, 0.5) is 0 Å². The summed E-state index contributed by atoms with van der Waals surface area (Å²) in [6, 6.07) is 0. The SMILES string of the molecule is C=C/C(CCCCCOC)=N\OC.CC. The number of nitrogens with zero attached hydrogens (tertiary/aromatic N) is 1. The standard InChI is InChI=1S/C10H19NO2.C2H6/c1-4-10(11-13-3)8-6-5-7-9-12-2;1-2/h4H,1,5-9H2,2-3H3;1-2H3/b11-10+;. The van der Waals surface area contributed by atoms with Crippen molar-refractivity contribution in [3.63, 3.8) is 0 Å². The molecule has 3 heteroatoms. The Bertz CT molecular complexity index is 156. The smallest absolute Gasteiger partial charge is 0.106 e. The highest BCUT2D eigenvalue weighted by Crippen LogP contribution is 2.02. The van der Waals surface area contributed by atoms with Crippen molar-refractivity contribution in [2.75, 3.05) is 20.8 Å². The van der Waals surface area contributed by atoms with Crippen molar-refractivity contribution >= 4 is 5.71 Å². The van der Waals surface area contributed by atoms with Gasteiger partial charge in [0.2, 0.25) is 0 Å². The molecule has 0 aromatic heterocycles. The third-order valence-electron chi connectivity index (χ3n) is 1.73. The zero-order valence-corrected chi connectivity index (χ0v) is 10.6. The molecule has 0 saturated heterocycles. The van der Waals surface area contributed by atoms with Crippen molar-refractivity contribution in [2.45, 2.75) is 39.5 Å². The van der Waals surface area contributed by atoms with Crippen molar-refractivity contribution in [1.29, 1.82) is 0 Å². The minimum absolute atomic E-state index is 0.838. The Hall–Kier alpha value is -0.830. The van der Waals surface area contributed by atoms with Crippen LogP contribution in [-0.4, -0.2) is 26.5 Å². The molecule has 0 unspecified atom stereocenters. The van der Waals surface area contributed by atoms with E-state index in [0.29, 0.717) is 0 Å². The molecule has 0 N–H and O–H groups in total. The number of hydrogen-bond donors (Lipinski definition) is 0. The van der Waals surface area contributed by atoms with Crippen LogP contribution in [0.2, 0.25) is 0 Å². The van der Waals surface area contributed by atoms with E-state index >= 15 is 0 Å². The number of methoxy groups -OCH3 is 1. The van der Waals surface area contributed by atoms with Gasteiger partial charge in [-0.15, -0.1) is 0 Å². The largest absolute Gasteiger partial charge is 0.399 e. The van der Waals surface area contributed by atoms with Crippen LogP contribution in [0, 0.1) is 0 Å². The van der Waals surface area contributed by atoms with Crippen molar-refractivity contribution < 1.29 is 9.57 Å².